The van der Waals surface area contributed by atoms with Crippen molar-refractivity contribution in [2.75, 3.05) is 64.2 Å². The lowest BCUT2D eigenvalue weighted by molar-refractivity contribution is -0.0123. The van der Waals surface area contributed by atoms with Gasteiger partial charge in [-0.1, -0.05) is 12.0 Å². The summed E-state index contributed by atoms with van der Waals surface area (Å²) in [5, 5.41) is 11.0. The van der Waals surface area contributed by atoms with Crippen LogP contribution in [-0.2, 0) is 4.74 Å². The molecule has 0 amide bonds. The number of hydrogen-bond donors (Lipinski definition) is 2. The molecule has 14 heteroatoms. The highest BCUT2D eigenvalue weighted by Gasteiger charge is 2.71. The highest BCUT2D eigenvalue weighted by molar-refractivity contribution is 6.03. The zero-order valence-corrected chi connectivity index (χ0v) is 25.3. The average Bonchev–Trinajstić information content (AvgIpc) is 3.57. The number of terminal acetylenes is 1. The van der Waals surface area contributed by atoms with E-state index in [-0.39, 0.29) is 66.5 Å². The Morgan fingerprint density at radius 2 is 1.89 bits per heavy atom. The van der Waals surface area contributed by atoms with E-state index in [0.29, 0.717) is 5.39 Å². The number of halogens is 5. The largest absolute Gasteiger partial charge is 0.463 e. The number of pyridine rings is 1. The van der Waals surface area contributed by atoms with Gasteiger partial charge in [0.25, 0.3) is 5.92 Å². The van der Waals surface area contributed by atoms with Gasteiger partial charge in [-0.15, -0.1) is 6.42 Å². The van der Waals surface area contributed by atoms with Gasteiger partial charge in [0, 0.05) is 30.3 Å². The molecule has 1 aliphatic carbocycles. The van der Waals surface area contributed by atoms with Crippen molar-refractivity contribution in [2.24, 2.45) is 5.41 Å². The fourth-order valence-corrected chi connectivity index (χ4v) is 6.10. The molecule has 4 aromatic rings. The summed E-state index contributed by atoms with van der Waals surface area (Å²) in [4.78, 5) is 15.9. The Bertz CT molecular complexity index is 1910. The summed E-state index contributed by atoms with van der Waals surface area (Å²) in [6, 6.07) is 4.42. The number of ether oxygens (including phenoxy) is 2. The molecule has 3 N–H and O–H groups in total. The Kier molecular flexibility index (Phi) is 7.70. The Labute approximate surface area is 261 Å². The van der Waals surface area contributed by atoms with Crippen molar-refractivity contribution < 1.29 is 36.5 Å². The van der Waals surface area contributed by atoms with Gasteiger partial charge in [-0.05, 0) is 44.6 Å². The second-order valence-corrected chi connectivity index (χ2v) is 12.5. The maximum absolute atomic E-state index is 16.7. The van der Waals surface area contributed by atoms with E-state index in [1.165, 1.54) is 19.1 Å². The molecule has 2 atom stereocenters. The molecule has 9 nitrogen and oxygen atoms in total. The zero-order valence-electron chi connectivity index (χ0n) is 25.3. The fraction of sp³-hybridized carbons (Fsp3) is 0.406. The number of rotatable bonds is 7. The quantitative estimate of drug-likeness (QED) is 0.224. The first kappa shape index (κ1) is 31.7. The summed E-state index contributed by atoms with van der Waals surface area (Å²) in [5.41, 5.74) is 1.37. The summed E-state index contributed by atoms with van der Waals surface area (Å²) in [7, 11) is 3.32. The molecule has 1 saturated carbocycles. The number of hydrogen-bond acceptors (Lipinski definition) is 9. The molecule has 0 bridgehead atoms. The molecule has 2 aliphatic rings. The van der Waals surface area contributed by atoms with Crippen molar-refractivity contribution in [2.45, 2.75) is 24.9 Å². The number of nitrogens with two attached hydrogens (primary N) is 1. The zero-order chi connectivity index (χ0) is 33.2. The maximum atomic E-state index is 16.7. The van der Waals surface area contributed by atoms with Gasteiger partial charge < -0.3 is 30.1 Å². The molecule has 46 heavy (non-hydrogen) atoms. The predicted octanol–water partition coefficient (Wildman–Crippen LogP) is 4.38. The molecule has 1 saturated heterocycles. The molecule has 242 valence electrons. The minimum Gasteiger partial charge on any atom is -0.463 e. The van der Waals surface area contributed by atoms with Crippen LogP contribution in [-0.4, -0.2) is 90.0 Å². The summed E-state index contributed by atoms with van der Waals surface area (Å²) >= 11 is 0. The molecular weight excluding hydrogens is 611 g/mol. The van der Waals surface area contributed by atoms with Crippen molar-refractivity contribution in [1.29, 1.82) is 0 Å². The molecule has 3 heterocycles. The number of anilines is 2. The Morgan fingerprint density at radius 1 is 1.15 bits per heavy atom. The van der Waals surface area contributed by atoms with Crippen LogP contribution in [0.25, 0.3) is 32.9 Å². The normalized spacial score (nSPS) is 22.7. The number of nitrogens with zero attached hydrogens (tertiary/aromatic N) is 5. The number of β-amino-alcohol motifs (C(OH)–C–C–N with tert-alkyl or cyclic N) is 1. The lowest BCUT2D eigenvalue weighted by Crippen LogP contribution is -2.42. The first-order chi connectivity index (χ1) is 21.6. The van der Waals surface area contributed by atoms with Gasteiger partial charge in [-0.3, -0.25) is 0 Å². The van der Waals surface area contributed by atoms with Gasteiger partial charge >= 0.3 is 6.01 Å². The van der Waals surface area contributed by atoms with E-state index in [2.05, 4.69) is 20.9 Å². The van der Waals surface area contributed by atoms with Crippen LogP contribution < -0.4 is 15.4 Å². The fourth-order valence-electron chi connectivity index (χ4n) is 6.10. The number of aliphatic hydroxyl groups is 1. The Morgan fingerprint density at radius 3 is 2.57 bits per heavy atom. The second-order valence-electron chi connectivity index (χ2n) is 12.5. The average molecular weight is 643 g/mol. The molecule has 1 aliphatic heterocycles. The van der Waals surface area contributed by atoms with Gasteiger partial charge in [-0.25, -0.2) is 26.9 Å². The van der Waals surface area contributed by atoms with Gasteiger partial charge in [0.2, 0.25) is 0 Å². The standard InChI is InChI=1S/C32H31F5N6O3/c1-5-18-20(33)7-6-17-10-22(38)39-27(23(17)18)24-21(34)11-19-26(25(24)35)40-29(46-16-31(14-42(3)4)12-32(31,36)37)41-28(19)43-8-9-45-15-30(2,44)13-43/h1,6-7,10-11,44H,8-9,12-16H2,2-4H3,(H2,38,39). The first-order valence-corrected chi connectivity index (χ1v) is 14.4. The number of aromatic nitrogens is 3. The molecule has 2 aromatic carbocycles. The monoisotopic (exact) mass is 642 g/mol. The van der Waals surface area contributed by atoms with Crippen molar-refractivity contribution in [3.63, 3.8) is 0 Å². The molecule has 0 radical (unpaired) electrons. The first-order valence-electron chi connectivity index (χ1n) is 14.4. The van der Waals surface area contributed by atoms with E-state index < -0.39 is 64.5 Å². The van der Waals surface area contributed by atoms with E-state index >= 15 is 8.78 Å². The molecule has 2 unspecified atom stereocenters. The van der Waals surface area contributed by atoms with Crippen molar-refractivity contribution in [3.05, 3.63) is 47.3 Å². The maximum Gasteiger partial charge on any atom is 0.319 e. The van der Waals surface area contributed by atoms with Crippen molar-refractivity contribution in [1.82, 2.24) is 19.9 Å². The van der Waals surface area contributed by atoms with Crippen LogP contribution in [0, 0.1) is 35.2 Å². The number of alkyl halides is 2. The number of benzene rings is 2. The lowest BCUT2D eigenvalue weighted by Gasteiger charge is -2.29. The van der Waals surface area contributed by atoms with E-state index in [1.54, 1.807) is 23.9 Å². The van der Waals surface area contributed by atoms with E-state index in [1.807, 2.05) is 0 Å². The van der Waals surface area contributed by atoms with E-state index in [4.69, 9.17) is 21.6 Å². The third-order valence-electron chi connectivity index (χ3n) is 8.25. The third kappa shape index (κ3) is 5.52. The topological polar surface area (TPSA) is 110 Å². The minimum atomic E-state index is -3.00. The smallest absolute Gasteiger partial charge is 0.319 e. The van der Waals surface area contributed by atoms with Crippen LogP contribution in [0.15, 0.2) is 24.3 Å². The predicted molar refractivity (Wildman–Crippen MR) is 162 cm³/mol. The summed E-state index contributed by atoms with van der Waals surface area (Å²) in [5.74, 6) is -4.01. The van der Waals surface area contributed by atoms with Gasteiger partial charge in [0.05, 0.1) is 42.0 Å². The molecule has 6 rings (SSSR count). The molecule has 0 spiro atoms. The van der Waals surface area contributed by atoms with Crippen LogP contribution in [0.4, 0.5) is 33.6 Å². The van der Waals surface area contributed by atoms with Crippen LogP contribution in [0.3, 0.4) is 0 Å². The molecular formula is C32H31F5N6O3. The van der Waals surface area contributed by atoms with Gasteiger partial charge in [-0.2, -0.15) is 9.97 Å². The van der Waals surface area contributed by atoms with Crippen LogP contribution in [0.1, 0.15) is 18.9 Å². The van der Waals surface area contributed by atoms with Gasteiger partial charge in [0.15, 0.2) is 5.82 Å². The number of fused-ring (bicyclic) bond motifs is 2. The van der Waals surface area contributed by atoms with E-state index in [9.17, 15) is 18.3 Å². The van der Waals surface area contributed by atoms with Crippen LogP contribution in [0.5, 0.6) is 6.01 Å². The minimum absolute atomic E-state index is 0.00682. The Hall–Kier alpha value is -4.32. The highest BCUT2D eigenvalue weighted by Crippen LogP contribution is 2.60. The SMILES string of the molecule is C#Cc1c(F)ccc2cc(N)nc(-c3c(F)cc4c(N5CCOCC(C)(O)C5)nc(OCC5(CN(C)C)CC5(F)F)nc4c3F)c12. The van der Waals surface area contributed by atoms with Gasteiger partial charge in [0.1, 0.15) is 41.0 Å². The second kappa shape index (κ2) is 11.2. The summed E-state index contributed by atoms with van der Waals surface area (Å²) in [6.07, 6.45) is 5.16. The van der Waals surface area contributed by atoms with E-state index in [0.717, 1.165) is 12.1 Å². The Balaban J connectivity index is 1.57. The van der Waals surface area contributed by atoms with Crippen molar-refractivity contribution >= 4 is 33.3 Å². The highest BCUT2D eigenvalue weighted by atomic mass is 19.3. The van der Waals surface area contributed by atoms with Crippen molar-refractivity contribution in [3.8, 4) is 29.6 Å². The summed E-state index contributed by atoms with van der Waals surface area (Å²) in [6.45, 7) is 1.33. The van der Waals surface area contributed by atoms with Crippen LogP contribution >= 0.6 is 0 Å². The summed E-state index contributed by atoms with van der Waals surface area (Å²) < 4.78 is 87.9. The van der Waals surface area contributed by atoms with Crippen LogP contribution in [0.2, 0.25) is 0 Å². The third-order valence-corrected chi connectivity index (χ3v) is 8.25. The number of nitrogen functional groups attached to an aromatic ring is 1. The lowest BCUT2D eigenvalue weighted by atomic mass is 9.97. The molecule has 2 fully saturated rings. The molecule has 2 aromatic heterocycles.